The van der Waals surface area contributed by atoms with Gasteiger partial charge in [0.1, 0.15) is 0 Å². The Balaban J connectivity index is 2.39. The van der Waals surface area contributed by atoms with E-state index in [4.69, 9.17) is 0 Å². The highest BCUT2D eigenvalue weighted by Crippen LogP contribution is 2.01. The summed E-state index contributed by atoms with van der Waals surface area (Å²) in [7, 11) is 0. The van der Waals surface area contributed by atoms with Gasteiger partial charge in [-0.25, -0.2) is 0 Å². The van der Waals surface area contributed by atoms with Gasteiger partial charge in [-0.3, -0.25) is 0 Å². The van der Waals surface area contributed by atoms with Crippen molar-refractivity contribution in [3.8, 4) is 0 Å². The predicted molar refractivity (Wildman–Crippen MR) is 70.5 cm³/mol. The summed E-state index contributed by atoms with van der Waals surface area (Å²) >= 11 is 2.26. The second-order valence-corrected chi connectivity index (χ2v) is 3.92. The van der Waals surface area contributed by atoms with Crippen molar-refractivity contribution in [3.63, 3.8) is 0 Å². The molecule has 0 fully saturated rings. The molecule has 0 heterocycles. The number of rotatable bonds is 5. The summed E-state index contributed by atoms with van der Waals surface area (Å²) in [6.45, 7) is 3.14. The van der Waals surface area contributed by atoms with Crippen LogP contribution >= 0.6 is 22.6 Å². The summed E-state index contributed by atoms with van der Waals surface area (Å²) in [5.74, 6) is 0. The Labute approximate surface area is 99.7 Å². The molecule has 0 aliphatic carbocycles. The largest absolute Gasteiger partial charge is 0.306 e. The van der Waals surface area contributed by atoms with E-state index >= 15 is 0 Å². The van der Waals surface area contributed by atoms with Crippen LogP contribution < -0.4 is 5.32 Å². The summed E-state index contributed by atoms with van der Waals surface area (Å²) in [6, 6.07) is 11.0. The number of hydrogen-bond donors (Lipinski definition) is 1. The highest BCUT2D eigenvalue weighted by molar-refractivity contribution is 14.1. The molecule has 1 aromatic carbocycles. The monoisotopic (exact) mass is 301 g/mol. The minimum Gasteiger partial charge on any atom is -0.306 e. The second-order valence-electron chi connectivity index (χ2n) is 3.20. The molecule has 1 aromatic rings. The maximum Gasteiger partial charge on any atom is 0.0257 e. The van der Waals surface area contributed by atoms with E-state index in [1.54, 1.807) is 0 Å². The van der Waals surface area contributed by atoms with Crippen molar-refractivity contribution in [2.45, 2.75) is 25.9 Å². The van der Waals surface area contributed by atoms with Crippen LogP contribution in [-0.4, -0.2) is 6.04 Å². The van der Waals surface area contributed by atoms with Crippen LogP contribution in [0.2, 0.25) is 0 Å². The molecule has 76 valence electrons. The fourth-order valence-electron chi connectivity index (χ4n) is 1.28. The average molecular weight is 301 g/mol. The molecule has 0 aromatic heterocycles. The minimum absolute atomic E-state index is 0.493. The molecule has 0 bridgehead atoms. The first-order valence-electron chi connectivity index (χ1n) is 4.91. The molecular weight excluding hydrogens is 285 g/mol. The summed E-state index contributed by atoms with van der Waals surface area (Å²) in [4.78, 5) is 0. The van der Waals surface area contributed by atoms with Crippen LogP contribution in [0.1, 0.15) is 18.9 Å². The molecule has 0 saturated carbocycles. The van der Waals surface area contributed by atoms with E-state index < -0.39 is 0 Å². The van der Waals surface area contributed by atoms with Gasteiger partial charge in [0.2, 0.25) is 0 Å². The summed E-state index contributed by atoms with van der Waals surface area (Å²) < 4.78 is 2.07. The quantitative estimate of drug-likeness (QED) is 0.821. The minimum atomic E-state index is 0.493. The van der Waals surface area contributed by atoms with Crippen LogP contribution in [0.3, 0.4) is 0 Å². The van der Waals surface area contributed by atoms with Crippen molar-refractivity contribution in [3.05, 3.63) is 46.1 Å². The molecule has 1 rings (SSSR count). The molecule has 0 aliphatic heterocycles. The van der Waals surface area contributed by atoms with Gasteiger partial charge in [-0.15, -0.1) is 0 Å². The van der Waals surface area contributed by atoms with Crippen molar-refractivity contribution in [2.24, 2.45) is 0 Å². The van der Waals surface area contributed by atoms with E-state index in [1.165, 1.54) is 5.56 Å². The van der Waals surface area contributed by atoms with Gasteiger partial charge in [-0.1, -0.05) is 65.9 Å². The molecule has 1 N–H and O–H groups in total. The smallest absolute Gasteiger partial charge is 0.0257 e. The molecule has 1 unspecified atom stereocenters. The summed E-state index contributed by atoms with van der Waals surface area (Å²) in [5.41, 5.74) is 1.34. The third-order valence-electron chi connectivity index (χ3n) is 2.16. The first kappa shape index (κ1) is 11.7. The SMILES string of the molecule is CCC(/C=C\I)NCc1ccccc1. The Bertz CT molecular complexity index is 269. The highest BCUT2D eigenvalue weighted by atomic mass is 127. The fraction of sp³-hybridized carbons (Fsp3) is 0.333. The molecule has 1 atom stereocenters. The second kappa shape index (κ2) is 7.01. The zero-order chi connectivity index (χ0) is 10.2. The van der Waals surface area contributed by atoms with Gasteiger partial charge in [-0.05, 0) is 16.1 Å². The van der Waals surface area contributed by atoms with Crippen molar-refractivity contribution in [1.29, 1.82) is 0 Å². The van der Waals surface area contributed by atoms with Crippen LogP contribution in [0, 0.1) is 0 Å². The lowest BCUT2D eigenvalue weighted by atomic mass is 10.2. The molecule has 0 aliphatic rings. The zero-order valence-corrected chi connectivity index (χ0v) is 10.6. The lowest BCUT2D eigenvalue weighted by molar-refractivity contribution is 0.578. The maximum absolute atomic E-state index is 3.50. The van der Waals surface area contributed by atoms with Crippen LogP contribution in [0.25, 0.3) is 0 Å². The standard InChI is InChI=1S/C12H16IN/c1-2-12(8-9-13)14-10-11-6-4-3-5-7-11/h3-9,12,14H,2,10H2,1H3/b9-8-. The lowest BCUT2D eigenvalue weighted by Crippen LogP contribution is -2.25. The number of benzene rings is 1. The lowest BCUT2D eigenvalue weighted by Gasteiger charge is -2.12. The third kappa shape index (κ3) is 4.24. The van der Waals surface area contributed by atoms with Gasteiger partial charge < -0.3 is 5.32 Å². The van der Waals surface area contributed by atoms with Crippen LogP contribution in [0.5, 0.6) is 0 Å². The Morgan fingerprint density at radius 2 is 2.07 bits per heavy atom. The first-order valence-corrected chi connectivity index (χ1v) is 6.15. The Kier molecular flexibility index (Phi) is 5.87. The Morgan fingerprint density at radius 1 is 1.36 bits per heavy atom. The van der Waals surface area contributed by atoms with E-state index in [0.29, 0.717) is 6.04 Å². The van der Waals surface area contributed by atoms with Gasteiger partial charge in [0.15, 0.2) is 0 Å². The predicted octanol–water partition coefficient (Wildman–Crippen LogP) is 3.50. The zero-order valence-electron chi connectivity index (χ0n) is 8.41. The van der Waals surface area contributed by atoms with Crippen molar-refractivity contribution in [1.82, 2.24) is 5.32 Å². The van der Waals surface area contributed by atoms with Crippen LogP contribution in [0.15, 0.2) is 40.5 Å². The topological polar surface area (TPSA) is 12.0 Å². The molecular formula is C12H16IN. The van der Waals surface area contributed by atoms with E-state index in [-0.39, 0.29) is 0 Å². The van der Waals surface area contributed by atoms with E-state index in [0.717, 1.165) is 13.0 Å². The number of halogens is 1. The number of nitrogens with one attached hydrogen (secondary N) is 1. The molecule has 1 nitrogen and oxygen atoms in total. The van der Waals surface area contributed by atoms with Crippen LogP contribution in [-0.2, 0) is 6.54 Å². The molecule has 0 amide bonds. The van der Waals surface area contributed by atoms with Gasteiger partial charge in [0.05, 0.1) is 0 Å². The fourth-order valence-corrected chi connectivity index (χ4v) is 1.78. The van der Waals surface area contributed by atoms with Crippen molar-refractivity contribution < 1.29 is 0 Å². The molecule has 0 radical (unpaired) electrons. The maximum atomic E-state index is 3.50. The molecule has 2 heteroatoms. The van der Waals surface area contributed by atoms with Gasteiger partial charge in [0, 0.05) is 12.6 Å². The van der Waals surface area contributed by atoms with Crippen molar-refractivity contribution in [2.75, 3.05) is 0 Å². The highest BCUT2D eigenvalue weighted by Gasteiger charge is 1.99. The Morgan fingerprint density at radius 3 is 2.64 bits per heavy atom. The third-order valence-corrected chi connectivity index (χ3v) is 2.57. The normalized spacial score (nSPS) is 13.3. The van der Waals surface area contributed by atoms with Crippen LogP contribution in [0.4, 0.5) is 0 Å². The molecule has 14 heavy (non-hydrogen) atoms. The van der Waals surface area contributed by atoms with E-state index in [2.05, 4.69) is 69.3 Å². The Hall–Kier alpha value is -0.350. The molecule has 0 spiro atoms. The summed E-state index contributed by atoms with van der Waals surface area (Å²) in [5, 5.41) is 3.50. The first-order chi connectivity index (χ1) is 6.86. The average Bonchev–Trinajstić information content (AvgIpc) is 2.25. The molecule has 0 saturated heterocycles. The number of hydrogen-bond acceptors (Lipinski definition) is 1. The van der Waals surface area contributed by atoms with Gasteiger partial charge >= 0.3 is 0 Å². The van der Waals surface area contributed by atoms with E-state index in [9.17, 15) is 0 Å². The van der Waals surface area contributed by atoms with Gasteiger partial charge in [-0.2, -0.15) is 0 Å². The summed E-state index contributed by atoms with van der Waals surface area (Å²) in [6.07, 6.45) is 3.33. The van der Waals surface area contributed by atoms with E-state index in [1.807, 2.05) is 6.07 Å². The van der Waals surface area contributed by atoms with Crippen molar-refractivity contribution >= 4 is 22.6 Å². The van der Waals surface area contributed by atoms with Gasteiger partial charge in [0.25, 0.3) is 0 Å².